The van der Waals surface area contributed by atoms with E-state index in [1.807, 2.05) is 0 Å². The molecular weight excluding hydrogens is 634 g/mol. The average Bonchev–Trinajstić information content (AvgIpc) is 3.31. The molecule has 0 amide bonds. The summed E-state index contributed by atoms with van der Waals surface area (Å²) in [6, 6.07) is -3.87. The molecule has 0 spiro atoms. The molecule has 17 atom stereocenters. The zero-order valence-electron chi connectivity index (χ0n) is 24.1. The molecule has 268 valence electrons. The number of rotatable bonds is 9. The molecule has 46 heavy (non-hydrogen) atoms. The Morgan fingerprint density at radius 1 is 0.674 bits per heavy atom. The van der Waals surface area contributed by atoms with E-state index < -0.39 is 148 Å². The number of carbonyl (C=O) groups is 1. The maximum Gasteiger partial charge on any atom is 0.377 e. The van der Waals surface area contributed by atoms with E-state index in [4.69, 9.17) is 61.3 Å². The molecule has 0 aromatic rings. The summed E-state index contributed by atoms with van der Waals surface area (Å²) in [5, 5.41) is 115. The van der Waals surface area contributed by atoms with Crippen molar-refractivity contribution >= 4 is 5.97 Å². The van der Waals surface area contributed by atoms with Crippen LogP contribution in [0.3, 0.4) is 0 Å². The third-order valence-corrected chi connectivity index (χ3v) is 7.81. The van der Waals surface area contributed by atoms with Gasteiger partial charge in [-0.15, -0.1) is 0 Å². The normalized spacial score (nSPS) is 45.5. The second-order valence-corrected chi connectivity index (χ2v) is 10.9. The van der Waals surface area contributed by atoms with Gasteiger partial charge in [0.15, 0.2) is 30.7 Å². The molecule has 3 saturated heterocycles. The van der Waals surface area contributed by atoms with E-state index in [1.54, 1.807) is 0 Å². The molecule has 22 heteroatoms. The van der Waals surface area contributed by atoms with E-state index in [1.165, 1.54) is 0 Å². The first-order valence-electron chi connectivity index (χ1n) is 14.0. The molecule has 0 unspecified atom stereocenters. The Hall–Kier alpha value is -1.91. The molecule has 0 saturated carbocycles. The summed E-state index contributed by atoms with van der Waals surface area (Å²) in [5.74, 6) is -2.78. The van der Waals surface area contributed by atoms with Gasteiger partial charge in [-0.05, 0) is 0 Å². The van der Waals surface area contributed by atoms with Gasteiger partial charge in [0.1, 0.15) is 61.0 Å². The highest BCUT2D eigenvalue weighted by atomic mass is 16.7. The van der Waals surface area contributed by atoms with E-state index in [2.05, 4.69) is 4.74 Å². The van der Waals surface area contributed by atoms with Crippen molar-refractivity contribution < 1.29 is 94.5 Å². The van der Waals surface area contributed by atoms with Crippen LogP contribution in [0.1, 0.15) is 0 Å². The lowest BCUT2D eigenvalue weighted by Crippen LogP contribution is -2.69. The van der Waals surface area contributed by atoms with Crippen LogP contribution in [-0.2, 0) is 33.2 Å². The second-order valence-electron chi connectivity index (χ2n) is 10.9. The molecule has 0 aliphatic carbocycles. The summed E-state index contributed by atoms with van der Waals surface area (Å²) in [6.07, 6.45) is -19.6. The van der Waals surface area contributed by atoms with Gasteiger partial charge in [0.25, 0.3) is 0 Å². The van der Waals surface area contributed by atoms with Crippen LogP contribution in [0, 0.1) is 0 Å². The third-order valence-electron chi connectivity index (χ3n) is 7.81. The zero-order valence-corrected chi connectivity index (χ0v) is 24.1. The smallest absolute Gasteiger partial charge is 0.377 e. The van der Waals surface area contributed by atoms with Gasteiger partial charge in [-0.25, -0.2) is 4.79 Å². The number of hydrogen-bond donors (Lipinski definition) is 15. The Bertz CT molecular complexity index is 1020. The van der Waals surface area contributed by atoms with Crippen molar-refractivity contribution in [3.05, 3.63) is 11.5 Å². The molecule has 4 aliphatic heterocycles. The Labute approximate surface area is 260 Å². The van der Waals surface area contributed by atoms with Crippen LogP contribution in [0.15, 0.2) is 11.5 Å². The molecule has 22 nitrogen and oxygen atoms in total. The summed E-state index contributed by atoms with van der Waals surface area (Å²) in [7, 11) is 0. The van der Waals surface area contributed by atoms with Crippen LogP contribution >= 0.6 is 0 Å². The highest BCUT2D eigenvalue weighted by Crippen LogP contribution is 2.31. The number of carbonyl (C=O) groups excluding carboxylic acids is 1. The van der Waals surface area contributed by atoms with Crippen molar-refractivity contribution in [2.75, 3.05) is 26.4 Å². The van der Waals surface area contributed by atoms with Crippen LogP contribution in [0.5, 0.6) is 0 Å². The Morgan fingerprint density at radius 2 is 1.13 bits per heavy atom. The van der Waals surface area contributed by atoms with Gasteiger partial charge >= 0.3 is 5.97 Å². The topological polar surface area (TPSA) is 393 Å². The molecule has 18 N–H and O–H groups in total. The summed E-state index contributed by atoms with van der Waals surface area (Å²) in [5.41, 5.74) is 17.6. The highest BCUT2D eigenvalue weighted by molar-refractivity contribution is 5.89. The van der Waals surface area contributed by atoms with Crippen molar-refractivity contribution in [2.45, 2.75) is 104 Å². The number of aliphatic hydroxyl groups excluding tert-OH is 12. The molecular formula is C24H43N3O19. The predicted molar refractivity (Wildman–Crippen MR) is 142 cm³/mol. The molecule has 0 aromatic carbocycles. The first kappa shape index (κ1) is 38.5. The average molecular weight is 678 g/mol. The zero-order chi connectivity index (χ0) is 34.6. The fourth-order valence-corrected chi connectivity index (χ4v) is 5.01. The largest absolute Gasteiger partial charge is 0.505 e. The molecule has 3 fully saturated rings. The fraction of sp³-hybridized carbons (Fsp3) is 0.875. The summed E-state index contributed by atoms with van der Waals surface area (Å²) in [6.45, 7) is -2.67. The highest BCUT2D eigenvalue weighted by Gasteiger charge is 2.52. The third kappa shape index (κ3) is 8.03. The Morgan fingerprint density at radius 3 is 1.59 bits per heavy atom. The van der Waals surface area contributed by atoms with E-state index in [9.17, 15) is 45.6 Å². The number of ether oxygens (including phenoxy) is 6. The number of esters is 1. The fourth-order valence-electron chi connectivity index (χ4n) is 5.01. The number of hydrogen-bond acceptors (Lipinski definition) is 22. The molecule has 4 aliphatic rings. The lowest BCUT2D eigenvalue weighted by Gasteiger charge is -2.48. The summed E-state index contributed by atoms with van der Waals surface area (Å²) >= 11 is 0. The van der Waals surface area contributed by atoms with Crippen LogP contribution in [0.2, 0.25) is 0 Å². The van der Waals surface area contributed by atoms with E-state index in [0.29, 0.717) is 0 Å². The van der Waals surface area contributed by atoms with Crippen molar-refractivity contribution in [1.82, 2.24) is 0 Å². The van der Waals surface area contributed by atoms with Gasteiger partial charge in [0.2, 0.25) is 5.76 Å². The molecule has 4 heterocycles. The molecule has 0 bridgehead atoms. The van der Waals surface area contributed by atoms with Gasteiger partial charge in [0, 0.05) is 0 Å². The number of cyclic esters (lactones) is 1. The first-order valence-corrected chi connectivity index (χ1v) is 14.0. The van der Waals surface area contributed by atoms with Crippen LogP contribution in [0.25, 0.3) is 0 Å². The van der Waals surface area contributed by atoms with Gasteiger partial charge in [-0.3, -0.25) is 0 Å². The van der Waals surface area contributed by atoms with Crippen molar-refractivity contribution in [2.24, 2.45) is 17.2 Å². The summed E-state index contributed by atoms with van der Waals surface area (Å²) < 4.78 is 31.7. The lowest BCUT2D eigenvalue weighted by atomic mass is 9.94. The first-order chi connectivity index (χ1) is 21.6. The van der Waals surface area contributed by atoms with Gasteiger partial charge in [0.05, 0.1) is 44.6 Å². The van der Waals surface area contributed by atoms with Crippen molar-refractivity contribution in [1.29, 1.82) is 0 Å². The minimum Gasteiger partial charge on any atom is -0.505 e. The Balaban J connectivity index is 0.000000402. The van der Waals surface area contributed by atoms with Crippen LogP contribution < -0.4 is 17.2 Å². The molecule has 4 rings (SSSR count). The Kier molecular flexibility index (Phi) is 13.8. The standard InChI is InChI=1S/C18H35N3O13.C6H8O6/c19-7-12(27)14(5(2-23)30-16(7)29)33-18-9(21)13(28)15(6(3-24)32-18)34-17-8(20)11(26)10(25)4(1-22)31-17;7-1-2(8)5-3(9)4(10)6(11)12-5/h4-18,22-29H,1-3,19-21H2;2,5,7-10H,1H2/t4-,5-,6-,7-,8-,9-,10-,11-,12-,13-,14-,15-,16-,17+,18+;2-,5+/m10/s1. The minimum atomic E-state index is -1.56. The van der Waals surface area contributed by atoms with E-state index >= 15 is 0 Å². The number of aliphatic hydroxyl groups is 12. The van der Waals surface area contributed by atoms with Crippen LogP contribution in [0.4, 0.5) is 0 Å². The SMILES string of the molecule is N[C@@H]1[C@@H](O)[C@H](O[C@@H]2O[C@H](CO)[C@@H](O[C@@H]3O[C@H](CO)[C@@H](O)[C@H](O)[C@H]3N)[C@H](O)[C@H]2N)[C@@H](CO)O[C@H]1O.O=C1O[C@H]([C@@H](O)CO)C(O)=C1O. The number of nitrogens with two attached hydrogens (primary N) is 3. The van der Waals surface area contributed by atoms with E-state index in [0.717, 1.165) is 0 Å². The summed E-state index contributed by atoms with van der Waals surface area (Å²) in [4.78, 5) is 10.5. The van der Waals surface area contributed by atoms with Gasteiger partial charge in [-0.1, -0.05) is 0 Å². The minimum absolute atomic E-state index is 0.651. The maximum absolute atomic E-state index is 10.8. The molecule has 0 radical (unpaired) electrons. The van der Waals surface area contributed by atoms with E-state index in [-0.39, 0.29) is 0 Å². The van der Waals surface area contributed by atoms with Crippen LogP contribution in [-0.4, -0.2) is 198 Å². The second kappa shape index (κ2) is 16.5. The van der Waals surface area contributed by atoms with Gasteiger partial charge in [-0.2, -0.15) is 0 Å². The maximum atomic E-state index is 10.8. The lowest BCUT2D eigenvalue weighted by molar-refractivity contribution is -0.348. The predicted octanol–water partition coefficient (Wildman–Crippen LogP) is -9.08. The monoisotopic (exact) mass is 677 g/mol. The van der Waals surface area contributed by atoms with Crippen molar-refractivity contribution in [3.63, 3.8) is 0 Å². The quantitative estimate of drug-likeness (QED) is 0.101. The molecule has 0 aromatic heterocycles. The van der Waals surface area contributed by atoms with Crippen molar-refractivity contribution in [3.8, 4) is 0 Å². The van der Waals surface area contributed by atoms with Gasteiger partial charge < -0.3 is 107 Å².